The van der Waals surface area contributed by atoms with Gasteiger partial charge in [0, 0.05) is 45.8 Å². The Morgan fingerprint density at radius 2 is 2.24 bits per heavy atom. The molecule has 0 unspecified atom stereocenters. The molecule has 0 aliphatic carbocycles. The van der Waals surface area contributed by atoms with Crippen molar-refractivity contribution in [2.75, 3.05) is 38.8 Å². The van der Waals surface area contributed by atoms with E-state index in [1.165, 1.54) is 0 Å². The van der Waals surface area contributed by atoms with Crippen molar-refractivity contribution in [3.05, 3.63) is 12.4 Å². The van der Waals surface area contributed by atoms with Crippen molar-refractivity contribution < 1.29 is 9.47 Å². The molecule has 0 saturated carbocycles. The molecule has 1 aromatic heterocycles. The van der Waals surface area contributed by atoms with Crippen LogP contribution in [0.25, 0.3) is 0 Å². The van der Waals surface area contributed by atoms with Crippen LogP contribution in [-0.4, -0.2) is 43.0 Å². The van der Waals surface area contributed by atoms with E-state index in [2.05, 4.69) is 21.8 Å². The van der Waals surface area contributed by atoms with E-state index in [0.717, 1.165) is 45.1 Å². The molecule has 0 radical (unpaired) electrons. The summed E-state index contributed by atoms with van der Waals surface area (Å²) in [7, 11) is 1.69. The summed E-state index contributed by atoms with van der Waals surface area (Å²) in [5.74, 6) is 0.901. The Hall–Kier alpha value is -1.07. The highest BCUT2D eigenvalue weighted by molar-refractivity contribution is 5.25. The van der Waals surface area contributed by atoms with Crippen molar-refractivity contribution >= 4 is 5.95 Å². The van der Waals surface area contributed by atoms with Gasteiger partial charge in [0.1, 0.15) is 0 Å². The van der Waals surface area contributed by atoms with Gasteiger partial charge in [0.2, 0.25) is 5.95 Å². The van der Waals surface area contributed by atoms with Crippen LogP contribution < -0.4 is 5.32 Å². The lowest BCUT2D eigenvalue weighted by Gasteiger charge is -2.09. The molecule has 0 fully saturated rings. The summed E-state index contributed by atoms with van der Waals surface area (Å²) in [6.07, 6.45) is 5.88. The molecule has 5 nitrogen and oxygen atoms in total. The number of nitrogens with one attached hydrogen (secondary N) is 1. The van der Waals surface area contributed by atoms with Crippen LogP contribution in [0.1, 0.15) is 19.8 Å². The van der Waals surface area contributed by atoms with Gasteiger partial charge in [0.25, 0.3) is 0 Å². The fraction of sp³-hybridized carbons (Fsp3) is 0.750. The first kappa shape index (κ1) is 14.0. The van der Waals surface area contributed by atoms with Crippen molar-refractivity contribution in [2.24, 2.45) is 0 Å². The fourth-order valence-corrected chi connectivity index (χ4v) is 1.51. The number of hydrogen-bond donors (Lipinski definition) is 1. The quantitative estimate of drug-likeness (QED) is 0.634. The molecule has 17 heavy (non-hydrogen) atoms. The molecule has 0 aliphatic rings. The third-order valence-corrected chi connectivity index (χ3v) is 2.34. The molecule has 0 bridgehead atoms. The van der Waals surface area contributed by atoms with Gasteiger partial charge in [0.15, 0.2) is 0 Å². The van der Waals surface area contributed by atoms with Gasteiger partial charge >= 0.3 is 0 Å². The summed E-state index contributed by atoms with van der Waals surface area (Å²) in [5, 5.41) is 3.23. The molecule has 0 spiro atoms. The monoisotopic (exact) mass is 241 g/mol. The number of methoxy groups -OCH3 is 1. The zero-order valence-corrected chi connectivity index (χ0v) is 10.8. The van der Waals surface area contributed by atoms with Crippen molar-refractivity contribution in [2.45, 2.75) is 26.3 Å². The molecule has 0 aliphatic heterocycles. The summed E-state index contributed by atoms with van der Waals surface area (Å²) < 4.78 is 12.5. The Morgan fingerprint density at radius 3 is 3.00 bits per heavy atom. The zero-order chi connectivity index (χ0) is 12.3. The van der Waals surface area contributed by atoms with E-state index in [9.17, 15) is 0 Å². The van der Waals surface area contributed by atoms with E-state index in [1.54, 1.807) is 7.11 Å². The van der Waals surface area contributed by atoms with Crippen molar-refractivity contribution in [1.29, 1.82) is 0 Å². The minimum absolute atomic E-state index is 0.687. The van der Waals surface area contributed by atoms with Crippen LogP contribution in [-0.2, 0) is 16.0 Å². The number of ether oxygens (including phenoxy) is 2. The third kappa shape index (κ3) is 5.70. The molecular formula is C12H23N3O2. The van der Waals surface area contributed by atoms with Gasteiger partial charge in [0.05, 0.1) is 6.61 Å². The molecule has 0 aromatic carbocycles. The Balaban J connectivity index is 2.20. The summed E-state index contributed by atoms with van der Waals surface area (Å²) in [6, 6.07) is 0. The standard InChI is InChI=1S/C12H23N3O2/c1-3-9-17-10-4-7-15-8-5-13-12(15)14-6-11-16-2/h5,8H,3-4,6-7,9-11H2,1-2H3,(H,13,14). The van der Waals surface area contributed by atoms with Crippen LogP contribution in [0.4, 0.5) is 5.95 Å². The van der Waals surface area contributed by atoms with Gasteiger partial charge in [-0.2, -0.15) is 0 Å². The molecule has 5 heteroatoms. The number of nitrogens with zero attached hydrogens (tertiary/aromatic N) is 2. The largest absolute Gasteiger partial charge is 0.383 e. The maximum atomic E-state index is 5.45. The van der Waals surface area contributed by atoms with Gasteiger partial charge in [-0.25, -0.2) is 4.98 Å². The first-order chi connectivity index (χ1) is 8.38. The minimum atomic E-state index is 0.687. The summed E-state index contributed by atoms with van der Waals surface area (Å²) in [5.41, 5.74) is 0. The van der Waals surface area contributed by atoms with E-state index in [4.69, 9.17) is 9.47 Å². The summed E-state index contributed by atoms with van der Waals surface area (Å²) in [4.78, 5) is 4.26. The van der Waals surface area contributed by atoms with Gasteiger partial charge < -0.3 is 19.4 Å². The number of anilines is 1. The number of aryl methyl sites for hydroxylation is 1. The Labute approximate surface area is 103 Å². The van der Waals surface area contributed by atoms with E-state index < -0.39 is 0 Å². The topological polar surface area (TPSA) is 48.3 Å². The number of rotatable bonds is 10. The average molecular weight is 241 g/mol. The molecular weight excluding hydrogens is 218 g/mol. The Bertz CT molecular complexity index is 289. The maximum Gasteiger partial charge on any atom is 0.202 e. The second-order valence-corrected chi connectivity index (χ2v) is 3.83. The molecule has 0 saturated heterocycles. The van der Waals surface area contributed by atoms with Gasteiger partial charge in [-0.15, -0.1) is 0 Å². The number of hydrogen-bond acceptors (Lipinski definition) is 4. The summed E-state index contributed by atoms with van der Waals surface area (Å²) in [6.45, 7) is 6.17. The number of imidazole rings is 1. The first-order valence-electron chi connectivity index (χ1n) is 6.20. The lowest BCUT2D eigenvalue weighted by Crippen LogP contribution is -2.13. The average Bonchev–Trinajstić information content (AvgIpc) is 2.77. The third-order valence-electron chi connectivity index (χ3n) is 2.34. The van der Waals surface area contributed by atoms with Crippen LogP contribution in [0.2, 0.25) is 0 Å². The lowest BCUT2D eigenvalue weighted by atomic mass is 10.4. The fourth-order valence-electron chi connectivity index (χ4n) is 1.51. The molecule has 1 aromatic rings. The highest BCUT2D eigenvalue weighted by Crippen LogP contribution is 2.05. The molecule has 98 valence electrons. The van der Waals surface area contributed by atoms with Crippen LogP contribution in [0, 0.1) is 0 Å². The molecule has 1 N–H and O–H groups in total. The Morgan fingerprint density at radius 1 is 1.35 bits per heavy atom. The van der Waals surface area contributed by atoms with Crippen molar-refractivity contribution in [3.8, 4) is 0 Å². The second kappa shape index (κ2) is 9.01. The SMILES string of the molecule is CCCOCCCn1ccnc1NCCOC. The van der Waals surface area contributed by atoms with Gasteiger partial charge in [-0.1, -0.05) is 6.92 Å². The van der Waals surface area contributed by atoms with E-state index in [0.29, 0.717) is 6.61 Å². The van der Waals surface area contributed by atoms with Crippen LogP contribution >= 0.6 is 0 Å². The first-order valence-corrected chi connectivity index (χ1v) is 6.20. The van der Waals surface area contributed by atoms with Gasteiger partial charge in [-0.05, 0) is 12.8 Å². The normalized spacial score (nSPS) is 10.7. The van der Waals surface area contributed by atoms with Crippen LogP contribution in [0.3, 0.4) is 0 Å². The van der Waals surface area contributed by atoms with E-state index in [-0.39, 0.29) is 0 Å². The van der Waals surface area contributed by atoms with Gasteiger partial charge in [-0.3, -0.25) is 0 Å². The predicted molar refractivity (Wildman–Crippen MR) is 68.3 cm³/mol. The van der Waals surface area contributed by atoms with E-state index in [1.807, 2.05) is 12.4 Å². The van der Waals surface area contributed by atoms with Crippen LogP contribution in [0.15, 0.2) is 12.4 Å². The molecule has 0 amide bonds. The maximum absolute atomic E-state index is 5.45. The van der Waals surface area contributed by atoms with Crippen molar-refractivity contribution in [3.63, 3.8) is 0 Å². The molecule has 0 atom stereocenters. The predicted octanol–water partition coefficient (Wildman–Crippen LogP) is 1.76. The van der Waals surface area contributed by atoms with Crippen LogP contribution in [0.5, 0.6) is 0 Å². The highest BCUT2D eigenvalue weighted by atomic mass is 16.5. The Kier molecular flexibility index (Phi) is 7.42. The highest BCUT2D eigenvalue weighted by Gasteiger charge is 2.01. The zero-order valence-electron chi connectivity index (χ0n) is 10.8. The summed E-state index contributed by atoms with van der Waals surface area (Å²) >= 11 is 0. The lowest BCUT2D eigenvalue weighted by molar-refractivity contribution is 0.129. The number of aromatic nitrogens is 2. The molecule has 1 heterocycles. The smallest absolute Gasteiger partial charge is 0.202 e. The molecule has 1 rings (SSSR count). The van der Waals surface area contributed by atoms with E-state index >= 15 is 0 Å². The van der Waals surface area contributed by atoms with Crippen molar-refractivity contribution in [1.82, 2.24) is 9.55 Å². The minimum Gasteiger partial charge on any atom is -0.383 e. The second-order valence-electron chi connectivity index (χ2n) is 3.83.